The van der Waals surface area contributed by atoms with Crippen LogP contribution in [0.5, 0.6) is 0 Å². The molecule has 0 aromatic heterocycles. The predicted molar refractivity (Wildman–Crippen MR) is 71.6 cm³/mol. The van der Waals surface area contributed by atoms with Gasteiger partial charge >= 0.3 is 5.51 Å². The fourth-order valence-electron chi connectivity index (χ4n) is 1.69. The monoisotopic (exact) mass is 307 g/mol. The molecule has 0 heterocycles. The van der Waals surface area contributed by atoms with E-state index in [1.54, 1.807) is 13.8 Å². The number of hydrogen-bond acceptors (Lipinski definition) is 3. The minimum absolute atomic E-state index is 0.0334. The number of carbonyl (C=O) groups excluding carboxylic acids is 1. The van der Waals surface area contributed by atoms with E-state index in [1.807, 2.05) is 0 Å². The highest BCUT2D eigenvalue weighted by Gasteiger charge is 2.29. The van der Waals surface area contributed by atoms with Gasteiger partial charge in [-0.1, -0.05) is 0 Å². The molecule has 0 aliphatic heterocycles. The Morgan fingerprint density at radius 3 is 2.30 bits per heavy atom. The lowest BCUT2D eigenvalue weighted by molar-refractivity contribution is -0.0328. The molecule has 1 aromatic rings. The van der Waals surface area contributed by atoms with Crippen LogP contribution in [0.3, 0.4) is 0 Å². The van der Waals surface area contributed by atoms with Gasteiger partial charge in [0.15, 0.2) is 0 Å². The minimum atomic E-state index is -4.34. The van der Waals surface area contributed by atoms with Gasteiger partial charge in [-0.05, 0) is 56.3 Å². The Hall–Kier alpha value is -1.21. The van der Waals surface area contributed by atoms with Crippen molar-refractivity contribution in [2.75, 3.05) is 0 Å². The van der Waals surface area contributed by atoms with E-state index in [0.29, 0.717) is 6.42 Å². The Balaban J connectivity index is 2.62. The summed E-state index contributed by atoms with van der Waals surface area (Å²) in [6, 6.07) is 4.99. The van der Waals surface area contributed by atoms with E-state index in [4.69, 9.17) is 0 Å². The Labute approximate surface area is 119 Å². The number of nitrogens with one attached hydrogen (secondary N) is 1. The van der Waals surface area contributed by atoms with Crippen molar-refractivity contribution in [2.24, 2.45) is 0 Å². The van der Waals surface area contributed by atoms with Crippen LogP contribution in [0.25, 0.3) is 0 Å². The van der Waals surface area contributed by atoms with Crippen molar-refractivity contribution in [3.8, 4) is 0 Å². The van der Waals surface area contributed by atoms with Gasteiger partial charge in [-0.15, -0.1) is 0 Å². The number of carbonyl (C=O) groups is 1. The molecule has 0 aliphatic carbocycles. The number of hydrogen-bond donors (Lipinski definition) is 2. The van der Waals surface area contributed by atoms with Gasteiger partial charge in [-0.3, -0.25) is 4.79 Å². The van der Waals surface area contributed by atoms with Crippen LogP contribution in [0.2, 0.25) is 0 Å². The maximum atomic E-state index is 12.2. The maximum Gasteiger partial charge on any atom is 0.446 e. The average Bonchev–Trinajstić information content (AvgIpc) is 2.26. The van der Waals surface area contributed by atoms with Crippen LogP contribution in [0.4, 0.5) is 13.2 Å². The summed E-state index contributed by atoms with van der Waals surface area (Å²) in [5.41, 5.74) is -4.05. The molecule has 20 heavy (non-hydrogen) atoms. The number of halogens is 3. The fourth-order valence-corrected chi connectivity index (χ4v) is 2.23. The highest BCUT2D eigenvalue weighted by atomic mass is 32.2. The Kier molecular flexibility index (Phi) is 5.88. The molecule has 1 rings (SSSR count). The van der Waals surface area contributed by atoms with Crippen molar-refractivity contribution >= 4 is 17.7 Å². The number of amides is 1. The quantitative estimate of drug-likeness (QED) is 0.821. The molecule has 2 N–H and O–H groups in total. The fraction of sp³-hybridized carbons (Fsp3) is 0.462. The van der Waals surface area contributed by atoms with Gasteiger partial charge in [0.25, 0.3) is 5.91 Å². The van der Waals surface area contributed by atoms with Crippen LogP contribution < -0.4 is 5.32 Å². The van der Waals surface area contributed by atoms with E-state index in [1.165, 1.54) is 24.3 Å². The second kappa shape index (κ2) is 6.99. The van der Waals surface area contributed by atoms with Crippen LogP contribution in [0, 0.1) is 0 Å². The zero-order valence-corrected chi connectivity index (χ0v) is 11.9. The minimum Gasteiger partial charge on any atom is -0.393 e. The van der Waals surface area contributed by atoms with Crippen molar-refractivity contribution in [2.45, 2.75) is 42.8 Å². The van der Waals surface area contributed by atoms with Crippen LogP contribution in [0.1, 0.15) is 30.6 Å². The summed E-state index contributed by atoms with van der Waals surface area (Å²) in [6.07, 6.45) is -0.121. The maximum absolute atomic E-state index is 12.2. The summed E-state index contributed by atoms with van der Waals surface area (Å²) in [5.74, 6) is -0.373. The lowest BCUT2D eigenvalue weighted by atomic mass is 10.1. The first-order valence-corrected chi connectivity index (χ1v) is 6.84. The van der Waals surface area contributed by atoms with Gasteiger partial charge in [0.1, 0.15) is 0 Å². The third-order valence-corrected chi connectivity index (χ3v) is 3.16. The standard InChI is InChI=1S/C13H16F3NO2S/c1-8(7-9(2)18)17-12(19)10-3-5-11(6-4-10)20-13(14,15)16/h3-6,8-9,18H,7H2,1-2H3,(H,17,19). The zero-order chi connectivity index (χ0) is 15.3. The van der Waals surface area contributed by atoms with Crippen molar-refractivity contribution in [1.29, 1.82) is 0 Å². The summed E-state index contributed by atoms with van der Waals surface area (Å²) in [6.45, 7) is 3.37. The number of benzene rings is 1. The van der Waals surface area contributed by atoms with Gasteiger partial charge in [0.05, 0.1) is 6.10 Å². The molecule has 0 saturated heterocycles. The van der Waals surface area contributed by atoms with Crippen molar-refractivity contribution < 1.29 is 23.1 Å². The summed E-state index contributed by atoms with van der Waals surface area (Å²) in [4.78, 5) is 11.8. The van der Waals surface area contributed by atoms with Crippen LogP contribution in [0.15, 0.2) is 29.2 Å². The van der Waals surface area contributed by atoms with Gasteiger partial charge in [-0.25, -0.2) is 0 Å². The van der Waals surface area contributed by atoms with Crippen molar-refractivity contribution in [3.05, 3.63) is 29.8 Å². The van der Waals surface area contributed by atoms with E-state index >= 15 is 0 Å². The first-order valence-electron chi connectivity index (χ1n) is 6.02. The molecule has 1 aromatic carbocycles. The molecule has 3 nitrogen and oxygen atoms in total. The first-order chi connectivity index (χ1) is 9.17. The summed E-state index contributed by atoms with van der Waals surface area (Å²) >= 11 is -0.221. The van der Waals surface area contributed by atoms with E-state index in [-0.39, 0.29) is 34.2 Å². The van der Waals surface area contributed by atoms with Crippen molar-refractivity contribution in [3.63, 3.8) is 0 Å². The van der Waals surface area contributed by atoms with Crippen LogP contribution in [-0.4, -0.2) is 28.7 Å². The topological polar surface area (TPSA) is 49.3 Å². The van der Waals surface area contributed by atoms with Crippen molar-refractivity contribution in [1.82, 2.24) is 5.32 Å². The number of thioether (sulfide) groups is 1. The summed E-state index contributed by atoms with van der Waals surface area (Å²) < 4.78 is 36.5. The molecule has 0 bridgehead atoms. The smallest absolute Gasteiger partial charge is 0.393 e. The Morgan fingerprint density at radius 1 is 1.30 bits per heavy atom. The molecule has 2 unspecified atom stereocenters. The Bertz CT molecular complexity index is 446. The highest BCUT2D eigenvalue weighted by Crippen LogP contribution is 2.36. The number of alkyl halides is 3. The third-order valence-electron chi connectivity index (χ3n) is 2.42. The van der Waals surface area contributed by atoms with Gasteiger partial charge in [0, 0.05) is 16.5 Å². The van der Waals surface area contributed by atoms with E-state index in [9.17, 15) is 23.1 Å². The number of aliphatic hydroxyl groups excluding tert-OH is 1. The predicted octanol–water partition coefficient (Wildman–Crippen LogP) is 3.19. The molecule has 0 saturated carbocycles. The third kappa shape index (κ3) is 6.29. The lowest BCUT2D eigenvalue weighted by Crippen LogP contribution is -2.34. The molecule has 2 atom stereocenters. The largest absolute Gasteiger partial charge is 0.446 e. The molecule has 7 heteroatoms. The van der Waals surface area contributed by atoms with Crippen LogP contribution >= 0.6 is 11.8 Å². The van der Waals surface area contributed by atoms with E-state index < -0.39 is 11.6 Å². The molecule has 0 fully saturated rings. The molecule has 0 spiro atoms. The summed E-state index contributed by atoms with van der Waals surface area (Å²) in [7, 11) is 0. The van der Waals surface area contributed by atoms with Gasteiger partial charge in [0.2, 0.25) is 0 Å². The summed E-state index contributed by atoms with van der Waals surface area (Å²) in [5, 5.41) is 11.9. The first kappa shape index (κ1) is 16.8. The van der Waals surface area contributed by atoms with Crippen LogP contribution in [-0.2, 0) is 0 Å². The van der Waals surface area contributed by atoms with E-state index in [0.717, 1.165) is 0 Å². The van der Waals surface area contributed by atoms with Gasteiger partial charge in [-0.2, -0.15) is 13.2 Å². The average molecular weight is 307 g/mol. The van der Waals surface area contributed by atoms with Gasteiger partial charge < -0.3 is 10.4 Å². The second-order valence-electron chi connectivity index (χ2n) is 4.53. The SMILES string of the molecule is CC(O)CC(C)NC(=O)c1ccc(SC(F)(F)F)cc1. The Morgan fingerprint density at radius 2 is 1.85 bits per heavy atom. The highest BCUT2D eigenvalue weighted by molar-refractivity contribution is 8.00. The zero-order valence-electron chi connectivity index (χ0n) is 11.1. The van der Waals surface area contributed by atoms with E-state index in [2.05, 4.69) is 5.32 Å². The normalized spacial score (nSPS) is 14.7. The number of rotatable bonds is 5. The molecular weight excluding hydrogens is 291 g/mol. The second-order valence-corrected chi connectivity index (χ2v) is 5.67. The molecule has 1 amide bonds. The molecule has 0 radical (unpaired) electrons. The lowest BCUT2D eigenvalue weighted by Gasteiger charge is -2.15. The number of aliphatic hydroxyl groups is 1. The molecule has 112 valence electrons. The molecule has 0 aliphatic rings. The molecular formula is C13H16F3NO2S.